The van der Waals surface area contributed by atoms with Crippen LogP contribution in [0.15, 0.2) is 30.3 Å². The van der Waals surface area contributed by atoms with Crippen LogP contribution in [0.1, 0.15) is 63.9 Å². The molecule has 0 aliphatic carbocycles. The summed E-state index contributed by atoms with van der Waals surface area (Å²) in [7, 11) is 0. The van der Waals surface area contributed by atoms with Gasteiger partial charge < -0.3 is 9.80 Å². The highest BCUT2D eigenvalue weighted by atomic mass is 16.2. The highest BCUT2D eigenvalue weighted by Crippen LogP contribution is 2.38. The predicted octanol–water partition coefficient (Wildman–Crippen LogP) is 3.79. The Morgan fingerprint density at radius 1 is 1.08 bits per heavy atom. The van der Waals surface area contributed by atoms with Gasteiger partial charge in [0, 0.05) is 26.1 Å². The van der Waals surface area contributed by atoms with Gasteiger partial charge in [-0.1, -0.05) is 37.3 Å². The second-order valence-electron chi connectivity index (χ2n) is 7.77. The van der Waals surface area contributed by atoms with Gasteiger partial charge in [-0.3, -0.25) is 9.59 Å². The maximum atomic E-state index is 13.1. The topological polar surface area (TPSA) is 40.6 Å². The summed E-state index contributed by atoms with van der Waals surface area (Å²) in [6, 6.07) is 10.4. The van der Waals surface area contributed by atoms with Crippen molar-refractivity contribution in [2.24, 2.45) is 0 Å². The number of piperidine rings is 1. The van der Waals surface area contributed by atoms with Crippen molar-refractivity contribution in [3.05, 3.63) is 35.9 Å². The molecule has 0 radical (unpaired) electrons. The molecule has 1 unspecified atom stereocenters. The molecule has 3 rings (SSSR count). The summed E-state index contributed by atoms with van der Waals surface area (Å²) in [5.74, 6) is 0.392. The van der Waals surface area contributed by atoms with Crippen molar-refractivity contribution >= 4 is 11.8 Å². The average Bonchev–Trinajstić information content (AvgIpc) is 3.08. The van der Waals surface area contributed by atoms with Crippen molar-refractivity contribution in [3.8, 4) is 0 Å². The summed E-state index contributed by atoms with van der Waals surface area (Å²) < 4.78 is 0. The van der Waals surface area contributed by atoms with E-state index in [9.17, 15) is 9.59 Å². The lowest BCUT2D eigenvalue weighted by atomic mass is 9.85. The number of aryl methyl sites for hydroxylation is 1. The normalized spacial score (nSPS) is 23.0. The summed E-state index contributed by atoms with van der Waals surface area (Å²) in [5, 5.41) is 0. The molecular weight excluding hydrogens is 324 g/mol. The first-order valence-corrected chi connectivity index (χ1v) is 10.3. The molecule has 0 N–H and O–H groups in total. The summed E-state index contributed by atoms with van der Waals surface area (Å²) in [4.78, 5) is 29.9. The lowest BCUT2D eigenvalue weighted by molar-refractivity contribution is -0.155. The Hall–Kier alpha value is -1.84. The second kappa shape index (κ2) is 8.70. The minimum absolute atomic E-state index is 0.183. The van der Waals surface area contributed by atoms with E-state index in [1.807, 2.05) is 15.9 Å². The van der Waals surface area contributed by atoms with Gasteiger partial charge in [0.05, 0.1) is 0 Å². The smallest absolute Gasteiger partial charge is 0.248 e. The Morgan fingerprint density at radius 3 is 2.54 bits per heavy atom. The number of nitrogens with zero attached hydrogens (tertiary/aromatic N) is 2. The van der Waals surface area contributed by atoms with E-state index in [4.69, 9.17) is 0 Å². The largest absolute Gasteiger partial charge is 0.341 e. The van der Waals surface area contributed by atoms with Gasteiger partial charge in [0.1, 0.15) is 5.54 Å². The molecule has 0 aromatic heterocycles. The van der Waals surface area contributed by atoms with Crippen molar-refractivity contribution < 1.29 is 9.59 Å². The summed E-state index contributed by atoms with van der Waals surface area (Å²) >= 11 is 0. The van der Waals surface area contributed by atoms with E-state index in [-0.39, 0.29) is 11.8 Å². The number of unbranched alkanes of at least 4 members (excludes halogenated alkanes) is 1. The van der Waals surface area contributed by atoms with Crippen LogP contribution in [0.3, 0.4) is 0 Å². The van der Waals surface area contributed by atoms with E-state index in [0.29, 0.717) is 6.42 Å². The number of rotatable bonds is 7. The number of amides is 2. The van der Waals surface area contributed by atoms with Crippen molar-refractivity contribution in [2.45, 2.75) is 70.3 Å². The van der Waals surface area contributed by atoms with E-state index in [1.54, 1.807) is 0 Å². The molecule has 0 saturated carbocycles. The number of likely N-dealkylation sites (tertiary alicyclic amines) is 2. The lowest BCUT2D eigenvalue weighted by Gasteiger charge is -2.44. The Morgan fingerprint density at radius 2 is 1.81 bits per heavy atom. The second-order valence-corrected chi connectivity index (χ2v) is 7.77. The fourth-order valence-corrected chi connectivity index (χ4v) is 4.66. The quantitative estimate of drug-likeness (QED) is 0.697. The highest BCUT2D eigenvalue weighted by molar-refractivity contribution is 5.92. The molecule has 1 aromatic rings. The molecular formula is C22H32N2O2. The van der Waals surface area contributed by atoms with Gasteiger partial charge in [-0.15, -0.1) is 0 Å². The first-order valence-electron chi connectivity index (χ1n) is 10.3. The van der Waals surface area contributed by atoms with Gasteiger partial charge in [0.2, 0.25) is 11.8 Å². The molecule has 4 nitrogen and oxygen atoms in total. The molecule has 1 atom stereocenters. The molecule has 142 valence electrons. The number of carbonyl (C=O) groups excluding carboxylic acids is 2. The molecule has 2 heterocycles. The molecule has 26 heavy (non-hydrogen) atoms. The molecule has 0 bridgehead atoms. The fourth-order valence-electron chi connectivity index (χ4n) is 4.66. The third-order valence-corrected chi connectivity index (χ3v) is 5.94. The van der Waals surface area contributed by atoms with Crippen LogP contribution in [0.2, 0.25) is 0 Å². The summed E-state index contributed by atoms with van der Waals surface area (Å²) in [6.07, 6.45) is 8.15. The van der Waals surface area contributed by atoms with E-state index in [2.05, 4.69) is 31.2 Å². The summed E-state index contributed by atoms with van der Waals surface area (Å²) in [6.45, 7) is 4.54. The standard InChI is InChI=1S/C22H32N2O2/c1-2-16-23-17-8-14-22(21(23)26)15-9-18-24(22)20(25)13-7-6-12-19-10-4-3-5-11-19/h3-5,10-11H,2,6-9,12-18H2,1H3. The van der Waals surface area contributed by atoms with Crippen LogP contribution in [-0.2, 0) is 16.0 Å². The van der Waals surface area contributed by atoms with Crippen LogP contribution >= 0.6 is 0 Å². The fraction of sp³-hybridized carbons (Fsp3) is 0.636. The van der Waals surface area contributed by atoms with Crippen LogP contribution in [0, 0.1) is 0 Å². The molecule has 2 aliphatic rings. The number of hydrogen-bond donors (Lipinski definition) is 0. The Labute approximate surface area is 157 Å². The Balaban J connectivity index is 1.55. The Bertz CT molecular complexity index is 614. The van der Waals surface area contributed by atoms with Crippen LogP contribution in [0.25, 0.3) is 0 Å². The van der Waals surface area contributed by atoms with Crippen LogP contribution in [-0.4, -0.2) is 46.8 Å². The first-order chi connectivity index (χ1) is 12.7. The third kappa shape index (κ3) is 3.94. The van der Waals surface area contributed by atoms with E-state index in [0.717, 1.165) is 71.0 Å². The summed E-state index contributed by atoms with van der Waals surface area (Å²) in [5.41, 5.74) is 0.805. The molecule has 2 fully saturated rings. The molecule has 4 heteroatoms. The first kappa shape index (κ1) is 18.9. The zero-order valence-corrected chi connectivity index (χ0v) is 16.1. The van der Waals surface area contributed by atoms with E-state index in [1.165, 1.54) is 5.56 Å². The van der Waals surface area contributed by atoms with E-state index < -0.39 is 5.54 Å². The van der Waals surface area contributed by atoms with Gasteiger partial charge in [-0.2, -0.15) is 0 Å². The maximum Gasteiger partial charge on any atom is 0.248 e. The Kier molecular flexibility index (Phi) is 6.33. The third-order valence-electron chi connectivity index (χ3n) is 5.94. The number of carbonyl (C=O) groups is 2. The van der Waals surface area contributed by atoms with Gasteiger partial charge in [0.25, 0.3) is 0 Å². The highest BCUT2D eigenvalue weighted by Gasteiger charge is 2.52. The van der Waals surface area contributed by atoms with Gasteiger partial charge in [-0.05, 0) is 56.9 Å². The van der Waals surface area contributed by atoms with Crippen LogP contribution < -0.4 is 0 Å². The van der Waals surface area contributed by atoms with Crippen molar-refractivity contribution in [3.63, 3.8) is 0 Å². The molecule has 1 aromatic carbocycles. The molecule has 2 saturated heterocycles. The van der Waals surface area contributed by atoms with Crippen molar-refractivity contribution in [2.75, 3.05) is 19.6 Å². The molecule has 2 amide bonds. The predicted molar refractivity (Wildman–Crippen MR) is 104 cm³/mol. The monoisotopic (exact) mass is 356 g/mol. The zero-order valence-electron chi connectivity index (χ0n) is 16.1. The van der Waals surface area contributed by atoms with Gasteiger partial charge in [-0.25, -0.2) is 0 Å². The SMILES string of the molecule is CCCN1CCCC2(CCCN2C(=O)CCCCc2ccccc2)C1=O. The van der Waals surface area contributed by atoms with Crippen LogP contribution in [0.5, 0.6) is 0 Å². The lowest BCUT2D eigenvalue weighted by Crippen LogP contribution is -2.61. The van der Waals surface area contributed by atoms with Crippen LogP contribution in [0.4, 0.5) is 0 Å². The molecule has 1 spiro atoms. The van der Waals surface area contributed by atoms with Gasteiger partial charge >= 0.3 is 0 Å². The minimum atomic E-state index is -0.524. The van der Waals surface area contributed by atoms with E-state index >= 15 is 0 Å². The zero-order chi connectivity index (χ0) is 18.4. The van der Waals surface area contributed by atoms with Crippen molar-refractivity contribution in [1.29, 1.82) is 0 Å². The molecule has 2 aliphatic heterocycles. The number of benzene rings is 1. The number of hydrogen-bond acceptors (Lipinski definition) is 2. The maximum absolute atomic E-state index is 13.1. The van der Waals surface area contributed by atoms with Crippen molar-refractivity contribution in [1.82, 2.24) is 9.80 Å². The minimum Gasteiger partial charge on any atom is -0.341 e. The van der Waals surface area contributed by atoms with Gasteiger partial charge in [0.15, 0.2) is 0 Å². The average molecular weight is 357 g/mol.